The molecule has 25 heavy (non-hydrogen) atoms. The van der Waals surface area contributed by atoms with Crippen LogP contribution in [0.2, 0.25) is 0 Å². The third-order valence-corrected chi connectivity index (χ3v) is 5.59. The summed E-state index contributed by atoms with van der Waals surface area (Å²) in [5, 5.41) is 20.2. The summed E-state index contributed by atoms with van der Waals surface area (Å²) in [6.45, 7) is 4.12. The molecule has 0 saturated carbocycles. The number of rotatable bonds is 1. The van der Waals surface area contributed by atoms with Gasteiger partial charge < -0.3 is 19.7 Å². The molecule has 0 aliphatic carbocycles. The fourth-order valence-corrected chi connectivity index (χ4v) is 3.85. The Hall–Kier alpha value is -1.70. The van der Waals surface area contributed by atoms with Crippen molar-refractivity contribution in [2.24, 2.45) is 5.92 Å². The third kappa shape index (κ3) is 3.12. The predicted octanol–water partition coefficient (Wildman–Crippen LogP) is 0.165. The average molecular weight is 351 g/mol. The molecule has 1 unspecified atom stereocenters. The number of aliphatic hydroxyl groups excluding tert-OH is 1. The highest BCUT2D eigenvalue weighted by molar-refractivity contribution is 5.89. The van der Waals surface area contributed by atoms with Crippen LogP contribution in [-0.2, 0) is 19.1 Å². The minimum absolute atomic E-state index is 0.0273. The molecule has 3 heterocycles. The van der Waals surface area contributed by atoms with Crippen molar-refractivity contribution in [3.05, 3.63) is 23.3 Å². The first-order chi connectivity index (χ1) is 11.9. The van der Waals surface area contributed by atoms with Crippen molar-refractivity contribution in [3.8, 4) is 0 Å². The number of ether oxygens (including phenoxy) is 2. The zero-order chi connectivity index (χ0) is 18.2. The van der Waals surface area contributed by atoms with Crippen molar-refractivity contribution in [2.75, 3.05) is 26.3 Å². The van der Waals surface area contributed by atoms with Crippen molar-refractivity contribution in [2.45, 2.75) is 44.4 Å². The summed E-state index contributed by atoms with van der Waals surface area (Å²) in [6, 6.07) is -0.0890. The number of aliphatic hydroxyl groups is 2. The zero-order valence-corrected chi connectivity index (χ0v) is 14.6. The van der Waals surface area contributed by atoms with Gasteiger partial charge in [-0.2, -0.15) is 0 Å². The van der Waals surface area contributed by atoms with Gasteiger partial charge in [-0.3, -0.25) is 4.90 Å². The number of hydrogen-bond donors (Lipinski definition) is 2. The molecule has 2 fully saturated rings. The molecule has 0 aromatic rings. The first-order valence-corrected chi connectivity index (χ1v) is 8.70. The Bertz CT molecular complexity index is 627. The van der Waals surface area contributed by atoms with E-state index in [4.69, 9.17) is 9.47 Å². The molecule has 2 N–H and O–H groups in total. The smallest absolute Gasteiger partial charge is 0.341 e. The maximum atomic E-state index is 12.6. The van der Waals surface area contributed by atoms with Crippen LogP contribution >= 0.6 is 0 Å². The van der Waals surface area contributed by atoms with Gasteiger partial charge in [0.2, 0.25) is 0 Å². The Kier molecular flexibility index (Phi) is 4.99. The normalized spacial score (nSPS) is 38.5. The number of esters is 2. The monoisotopic (exact) mass is 351 g/mol. The van der Waals surface area contributed by atoms with Crippen molar-refractivity contribution in [1.29, 1.82) is 0 Å². The van der Waals surface area contributed by atoms with E-state index >= 15 is 0 Å². The summed E-state index contributed by atoms with van der Waals surface area (Å²) in [7, 11) is 0. The first kappa shape index (κ1) is 18.1. The second-order valence-corrected chi connectivity index (χ2v) is 7.03. The molecule has 3 aliphatic heterocycles. The second kappa shape index (κ2) is 6.90. The van der Waals surface area contributed by atoms with E-state index in [1.54, 1.807) is 19.9 Å². The number of carbonyl (C=O) groups excluding carboxylic acids is 2. The van der Waals surface area contributed by atoms with Crippen LogP contribution < -0.4 is 0 Å². The molecule has 3 aliphatic rings. The lowest BCUT2D eigenvalue weighted by atomic mass is 9.84. The van der Waals surface area contributed by atoms with Gasteiger partial charge >= 0.3 is 11.9 Å². The van der Waals surface area contributed by atoms with Crippen LogP contribution in [0.3, 0.4) is 0 Å². The summed E-state index contributed by atoms with van der Waals surface area (Å²) in [5.41, 5.74) is -0.796. The Morgan fingerprint density at radius 2 is 2.20 bits per heavy atom. The fraction of sp³-hybridized carbons (Fsp3) is 0.667. The van der Waals surface area contributed by atoms with Gasteiger partial charge in [-0.1, -0.05) is 19.1 Å². The van der Waals surface area contributed by atoms with Gasteiger partial charge in [0.1, 0.15) is 12.7 Å². The summed E-state index contributed by atoms with van der Waals surface area (Å²) in [5.74, 6) is -1.99. The molecular weight excluding hydrogens is 326 g/mol. The Balaban J connectivity index is 1.93. The molecule has 0 spiro atoms. The van der Waals surface area contributed by atoms with E-state index in [0.29, 0.717) is 5.57 Å². The molecule has 0 amide bonds. The topological polar surface area (TPSA) is 96.3 Å². The maximum absolute atomic E-state index is 12.6. The molecular formula is C18H25NO6. The van der Waals surface area contributed by atoms with Gasteiger partial charge in [0.15, 0.2) is 5.60 Å². The van der Waals surface area contributed by atoms with Crippen LogP contribution in [0.5, 0.6) is 0 Å². The van der Waals surface area contributed by atoms with E-state index in [9.17, 15) is 19.8 Å². The van der Waals surface area contributed by atoms with Crippen LogP contribution in [0, 0.1) is 5.92 Å². The van der Waals surface area contributed by atoms with Gasteiger partial charge in [-0.15, -0.1) is 0 Å². The van der Waals surface area contributed by atoms with Gasteiger partial charge in [0.25, 0.3) is 0 Å². The Labute approximate surface area is 146 Å². The Morgan fingerprint density at radius 3 is 2.88 bits per heavy atom. The van der Waals surface area contributed by atoms with Gasteiger partial charge in [-0.05, 0) is 25.3 Å². The highest BCUT2D eigenvalue weighted by Crippen LogP contribution is 2.34. The quantitative estimate of drug-likeness (QED) is 0.395. The first-order valence-electron chi connectivity index (χ1n) is 8.70. The fourth-order valence-electron chi connectivity index (χ4n) is 3.85. The van der Waals surface area contributed by atoms with Gasteiger partial charge in [0, 0.05) is 24.6 Å². The van der Waals surface area contributed by atoms with Crippen LogP contribution in [-0.4, -0.2) is 71.1 Å². The van der Waals surface area contributed by atoms with Crippen molar-refractivity contribution >= 4 is 11.9 Å². The van der Waals surface area contributed by atoms with Crippen molar-refractivity contribution in [3.63, 3.8) is 0 Å². The Morgan fingerprint density at radius 1 is 1.44 bits per heavy atom. The minimum atomic E-state index is -2.05. The third-order valence-electron chi connectivity index (χ3n) is 5.59. The van der Waals surface area contributed by atoms with Crippen LogP contribution in [0.15, 0.2) is 23.3 Å². The maximum Gasteiger partial charge on any atom is 0.341 e. The van der Waals surface area contributed by atoms with Gasteiger partial charge in [-0.25, -0.2) is 9.59 Å². The molecule has 3 rings (SSSR count). The average Bonchev–Trinajstić information content (AvgIpc) is 3.18. The molecule has 0 aromatic carbocycles. The molecule has 4 atom stereocenters. The number of hydrogen-bond acceptors (Lipinski definition) is 7. The largest absolute Gasteiger partial charge is 0.459 e. The summed E-state index contributed by atoms with van der Waals surface area (Å²) in [4.78, 5) is 27.2. The predicted molar refractivity (Wildman–Crippen MR) is 88.5 cm³/mol. The lowest BCUT2D eigenvalue weighted by Crippen LogP contribution is -2.50. The molecule has 7 nitrogen and oxygen atoms in total. The molecule has 7 heteroatoms. The molecule has 0 bridgehead atoms. The van der Waals surface area contributed by atoms with E-state index in [1.165, 1.54) is 0 Å². The minimum Gasteiger partial charge on any atom is -0.459 e. The van der Waals surface area contributed by atoms with Crippen molar-refractivity contribution < 1.29 is 29.3 Å². The number of carbonyl (C=O) groups is 2. The van der Waals surface area contributed by atoms with E-state index in [1.807, 2.05) is 6.08 Å². The molecule has 138 valence electrons. The van der Waals surface area contributed by atoms with E-state index in [-0.39, 0.29) is 25.2 Å². The summed E-state index contributed by atoms with van der Waals surface area (Å²) in [6.07, 6.45) is 4.20. The van der Waals surface area contributed by atoms with Crippen LogP contribution in [0.1, 0.15) is 26.7 Å². The standard InChI is InChI=1S/C18H25NO6/c1-3-12-8-11(2)18(23,10-20)17(22)24-9-13-4-6-19-7-5-14(15(13)19)25-16(12)21/h3-4,11,14-15,20,23H,5-10H2,1-2H3/b12-3-/t11-,14-,15?,18-/m1/s1. The highest BCUT2D eigenvalue weighted by Gasteiger charge is 2.46. The SMILES string of the molecule is C/C=C1/C[C@@H](C)[C@](O)(CO)C(=O)OCC2=CCN3CC[C@@H](OC1=O)C23. The molecule has 0 aromatic heterocycles. The van der Waals surface area contributed by atoms with Crippen LogP contribution in [0.4, 0.5) is 0 Å². The van der Waals surface area contributed by atoms with E-state index in [2.05, 4.69) is 4.90 Å². The summed E-state index contributed by atoms with van der Waals surface area (Å²) < 4.78 is 11.1. The highest BCUT2D eigenvalue weighted by atomic mass is 16.6. The molecule has 0 radical (unpaired) electrons. The number of nitrogens with zero attached hydrogens (tertiary/aromatic N) is 1. The molecule has 2 saturated heterocycles. The lowest BCUT2D eigenvalue weighted by molar-refractivity contribution is -0.176. The lowest BCUT2D eigenvalue weighted by Gasteiger charge is -2.32. The van der Waals surface area contributed by atoms with Gasteiger partial charge in [0.05, 0.1) is 12.6 Å². The van der Waals surface area contributed by atoms with E-state index < -0.39 is 30.1 Å². The van der Waals surface area contributed by atoms with E-state index in [0.717, 1.165) is 25.1 Å². The number of cyclic esters (lactones) is 1. The van der Waals surface area contributed by atoms with Crippen molar-refractivity contribution in [1.82, 2.24) is 4.90 Å². The summed E-state index contributed by atoms with van der Waals surface area (Å²) >= 11 is 0. The zero-order valence-electron chi connectivity index (χ0n) is 14.6. The van der Waals surface area contributed by atoms with Crippen LogP contribution in [0.25, 0.3) is 0 Å². The number of allylic oxidation sites excluding steroid dienone is 1. The second-order valence-electron chi connectivity index (χ2n) is 7.03.